The SMILES string of the molecule is Cl.c1ccc2n[siH]ccc2c1. The molecule has 0 saturated carbocycles. The van der Waals surface area contributed by atoms with Crippen molar-refractivity contribution < 1.29 is 0 Å². The van der Waals surface area contributed by atoms with Gasteiger partial charge in [-0.1, -0.05) is 29.9 Å². The molecule has 0 bridgehead atoms. The summed E-state index contributed by atoms with van der Waals surface area (Å²) < 4.78 is 4.39. The Hall–Kier alpha value is -0.733. The third-order valence-electron chi connectivity index (χ3n) is 1.51. The van der Waals surface area contributed by atoms with Gasteiger partial charge in [-0.2, -0.15) is 0 Å². The highest BCUT2D eigenvalue weighted by molar-refractivity contribution is 6.22. The summed E-state index contributed by atoms with van der Waals surface area (Å²) in [7, 11) is 0.179. The van der Waals surface area contributed by atoms with E-state index in [1.165, 1.54) is 5.39 Å². The number of hydrogen-bond donors (Lipinski definition) is 0. The summed E-state index contributed by atoms with van der Waals surface area (Å²) in [4.78, 5) is 0. The lowest BCUT2D eigenvalue weighted by atomic mass is 10.2. The molecule has 2 aromatic rings. The van der Waals surface area contributed by atoms with E-state index >= 15 is 0 Å². The molecule has 1 aromatic heterocycles. The number of hydrogen-bond acceptors (Lipinski definition) is 1. The molecule has 0 spiro atoms. The van der Waals surface area contributed by atoms with Crippen LogP contribution >= 0.6 is 12.4 Å². The highest BCUT2D eigenvalue weighted by Gasteiger charge is 1.86. The van der Waals surface area contributed by atoms with Gasteiger partial charge in [-0.25, -0.2) is 0 Å². The van der Waals surface area contributed by atoms with E-state index in [2.05, 4.69) is 28.5 Å². The zero-order valence-corrected chi connectivity index (χ0v) is 7.87. The van der Waals surface area contributed by atoms with Crippen molar-refractivity contribution in [3.05, 3.63) is 36.0 Å². The zero-order chi connectivity index (χ0) is 6.81. The second-order valence-corrected chi connectivity index (χ2v) is 3.14. The Morgan fingerprint density at radius 1 is 1.09 bits per heavy atom. The van der Waals surface area contributed by atoms with Crippen LogP contribution in [-0.4, -0.2) is 13.9 Å². The third-order valence-corrected chi connectivity index (χ3v) is 2.30. The first-order chi connectivity index (χ1) is 4.97. The van der Waals surface area contributed by atoms with E-state index in [9.17, 15) is 0 Å². The minimum Gasteiger partial charge on any atom is -0.301 e. The third kappa shape index (κ3) is 1.64. The fraction of sp³-hybridized carbons (Fsp3) is 0. The molecule has 1 heterocycles. The molecule has 0 unspecified atom stereocenters. The second-order valence-electron chi connectivity index (χ2n) is 2.20. The number of nitrogens with zero attached hydrogens (tertiary/aromatic N) is 1. The Morgan fingerprint density at radius 2 is 1.91 bits per heavy atom. The number of halogens is 1. The first-order valence-corrected chi connectivity index (χ1v) is 4.45. The number of benzene rings is 1. The Balaban J connectivity index is 0.000000605. The summed E-state index contributed by atoms with van der Waals surface area (Å²) in [6.07, 6.45) is 0. The van der Waals surface area contributed by atoms with Gasteiger partial charge in [0.05, 0.1) is 5.52 Å². The molecule has 56 valence electrons. The van der Waals surface area contributed by atoms with Crippen LogP contribution in [0.2, 0.25) is 0 Å². The van der Waals surface area contributed by atoms with Crippen LogP contribution in [0.15, 0.2) is 36.0 Å². The van der Waals surface area contributed by atoms with Crippen LogP contribution in [0.3, 0.4) is 0 Å². The van der Waals surface area contributed by atoms with Crippen molar-refractivity contribution in [2.75, 3.05) is 0 Å². The number of rotatable bonds is 0. The maximum Gasteiger partial charge on any atom is 0.140 e. The molecular weight excluding hydrogens is 174 g/mol. The summed E-state index contributed by atoms with van der Waals surface area (Å²) in [5.74, 6) is 0. The van der Waals surface area contributed by atoms with Crippen LogP contribution in [0.4, 0.5) is 0 Å². The molecular formula is C8H8ClNSi. The fourth-order valence-corrected chi connectivity index (χ4v) is 1.79. The standard InChI is InChI=1S/C8H7NSi.ClH/c1-2-4-8-7(3-1)5-6-10-9-8;/h1-6,10H;1H. The van der Waals surface area contributed by atoms with Crippen LogP contribution in [0.25, 0.3) is 10.9 Å². The topological polar surface area (TPSA) is 12.9 Å². The van der Waals surface area contributed by atoms with E-state index in [0.29, 0.717) is 0 Å². The van der Waals surface area contributed by atoms with E-state index in [1.807, 2.05) is 12.1 Å². The molecule has 0 fully saturated rings. The summed E-state index contributed by atoms with van der Waals surface area (Å²) in [5.41, 5.74) is 3.31. The van der Waals surface area contributed by atoms with Crippen LogP contribution in [0.5, 0.6) is 0 Å². The second kappa shape index (κ2) is 3.60. The van der Waals surface area contributed by atoms with E-state index in [0.717, 1.165) is 5.52 Å². The summed E-state index contributed by atoms with van der Waals surface area (Å²) >= 11 is 0. The van der Waals surface area contributed by atoms with Gasteiger partial charge in [-0.3, -0.25) is 0 Å². The normalized spacial score (nSPS) is 9.09. The highest BCUT2D eigenvalue weighted by Crippen LogP contribution is 2.06. The van der Waals surface area contributed by atoms with Crippen molar-refractivity contribution in [3.63, 3.8) is 0 Å². The van der Waals surface area contributed by atoms with Crippen molar-refractivity contribution in [1.82, 2.24) is 4.64 Å². The Labute approximate surface area is 73.7 Å². The fourth-order valence-electron chi connectivity index (χ4n) is 1.02. The van der Waals surface area contributed by atoms with Gasteiger partial charge in [0.15, 0.2) is 0 Å². The predicted octanol–water partition coefficient (Wildman–Crippen LogP) is 1.73. The van der Waals surface area contributed by atoms with Gasteiger partial charge in [0.2, 0.25) is 0 Å². The molecule has 3 heteroatoms. The molecule has 0 amide bonds. The van der Waals surface area contributed by atoms with Crippen molar-refractivity contribution >= 4 is 32.6 Å². The molecule has 0 aliphatic carbocycles. The lowest BCUT2D eigenvalue weighted by molar-refractivity contribution is 1.60. The molecule has 1 aromatic carbocycles. The van der Waals surface area contributed by atoms with Crippen molar-refractivity contribution in [1.29, 1.82) is 0 Å². The van der Waals surface area contributed by atoms with Gasteiger partial charge in [0, 0.05) is 0 Å². The molecule has 0 saturated heterocycles. The molecule has 2 rings (SSSR count). The number of para-hydroxylation sites is 1. The Kier molecular flexibility index (Phi) is 2.74. The maximum absolute atomic E-state index is 4.39. The lowest BCUT2D eigenvalue weighted by Gasteiger charge is -1.91. The summed E-state index contributed by atoms with van der Waals surface area (Å²) in [6.45, 7) is 0. The Bertz CT molecular complexity index is 285. The first kappa shape index (κ1) is 8.36. The molecule has 0 atom stereocenters. The molecule has 1 nitrogen and oxygen atoms in total. The van der Waals surface area contributed by atoms with Crippen molar-refractivity contribution in [3.8, 4) is 0 Å². The molecule has 11 heavy (non-hydrogen) atoms. The van der Waals surface area contributed by atoms with Crippen LogP contribution in [-0.2, 0) is 0 Å². The van der Waals surface area contributed by atoms with Gasteiger partial charge in [0.1, 0.15) is 9.29 Å². The average Bonchev–Trinajstić information content (AvgIpc) is 2.05. The predicted molar refractivity (Wildman–Crippen MR) is 51.7 cm³/mol. The average molecular weight is 182 g/mol. The summed E-state index contributed by atoms with van der Waals surface area (Å²) in [6, 6.07) is 10.4. The minimum atomic E-state index is 0. The lowest BCUT2D eigenvalue weighted by Crippen LogP contribution is -1.80. The van der Waals surface area contributed by atoms with Gasteiger partial charge < -0.3 is 4.64 Å². The van der Waals surface area contributed by atoms with Crippen molar-refractivity contribution in [2.24, 2.45) is 0 Å². The van der Waals surface area contributed by atoms with Crippen LogP contribution in [0, 0.1) is 0 Å². The highest BCUT2D eigenvalue weighted by atomic mass is 35.5. The van der Waals surface area contributed by atoms with Crippen molar-refractivity contribution in [2.45, 2.75) is 0 Å². The van der Waals surface area contributed by atoms with E-state index in [4.69, 9.17) is 0 Å². The molecule has 0 N–H and O–H groups in total. The quantitative estimate of drug-likeness (QED) is 0.565. The maximum atomic E-state index is 4.39. The number of aromatic nitrogens is 1. The molecule has 0 aliphatic heterocycles. The smallest absolute Gasteiger partial charge is 0.140 e. The number of fused-ring (bicyclic) bond motifs is 1. The minimum absolute atomic E-state index is 0. The first-order valence-electron chi connectivity index (χ1n) is 3.26. The zero-order valence-electron chi connectivity index (χ0n) is 5.90. The largest absolute Gasteiger partial charge is 0.301 e. The monoisotopic (exact) mass is 181 g/mol. The molecule has 0 aliphatic rings. The van der Waals surface area contributed by atoms with E-state index in [-0.39, 0.29) is 21.7 Å². The van der Waals surface area contributed by atoms with Crippen LogP contribution < -0.4 is 0 Å². The molecule has 0 radical (unpaired) electrons. The van der Waals surface area contributed by atoms with Gasteiger partial charge in [-0.15, -0.1) is 12.4 Å². The van der Waals surface area contributed by atoms with Gasteiger partial charge >= 0.3 is 0 Å². The van der Waals surface area contributed by atoms with Gasteiger partial charge in [-0.05, 0) is 11.5 Å². The van der Waals surface area contributed by atoms with Gasteiger partial charge in [0.25, 0.3) is 0 Å². The van der Waals surface area contributed by atoms with Crippen LogP contribution in [0.1, 0.15) is 0 Å². The van der Waals surface area contributed by atoms with E-state index in [1.54, 1.807) is 0 Å². The van der Waals surface area contributed by atoms with E-state index < -0.39 is 0 Å². The summed E-state index contributed by atoms with van der Waals surface area (Å²) in [5, 5.41) is 1.25. The Morgan fingerprint density at radius 3 is 2.73 bits per heavy atom.